The summed E-state index contributed by atoms with van der Waals surface area (Å²) in [6, 6.07) is 7.93. The Morgan fingerprint density at radius 3 is 1.77 bits per heavy atom. The lowest BCUT2D eigenvalue weighted by Gasteiger charge is -2.15. The highest BCUT2D eigenvalue weighted by molar-refractivity contribution is 6.04. The van der Waals surface area contributed by atoms with Crippen LogP contribution in [0.25, 0.3) is 0 Å². The van der Waals surface area contributed by atoms with E-state index in [4.69, 9.17) is 16.2 Å². The van der Waals surface area contributed by atoms with Crippen LogP contribution in [0.1, 0.15) is 32.6 Å². The number of amides is 1. The van der Waals surface area contributed by atoms with E-state index in [9.17, 15) is 44.3 Å². The van der Waals surface area contributed by atoms with Gasteiger partial charge in [0.2, 0.25) is 0 Å². The Labute approximate surface area is 214 Å². The number of carbonyl (C=O) groups is 1. The Bertz CT molecular complexity index is 1340. The van der Waals surface area contributed by atoms with Crippen molar-refractivity contribution in [1.82, 2.24) is 0 Å². The summed E-state index contributed by atoms with van der Waals surface area (Å²) in [5.41, 5.74) is 5.76. The molecule has 3 rings (SSSR count). The fourth-order valence-electron chi connectivity index (χ4n) is 3.18. The van der Waals surface area contributed by atoms with Gasteiger partial charge in [-0.15, -0.1) is 0 Å². The minimum atomic E-state index is -5.16. The molecular formula is C24H17F9N4O2. The van der Waals surface area contributed by atoms with Gasteiger partial charge in [-0.25, -0.2) is 4.99 Å². The van der Waals surface area contributed by atoms with Crippen LogP contribution in [0.15, 0.2) is 65.7 Å². The summed E-state index contributed by atoms with van der Waals surface area (Å²) in [6.45, 7) is -0.287. The fraction of sp³-hybridized carbons (Fsp3) is 0.167. The molecule has 3 aromatic carbocycles. The SMILES string of the molecule is NC(N)=Nc1ccc(NC(=O)c2cc(C(F)(F)F)cc(C(F)(F)F)c2)cc1OCc1ccc(C(F)(F)F)cc1. The number of nitrogens with zero attached hydrogens (tertiary/aromatic N) is 1. The first-order chi connectivity index (χ1) is 17.9. The molecule has 0 heterocycles. The van der Waals surface area contributed by atoms with E-state index in [1.807, 2.05) is 0 Å². The second-order valence-corrected chi connectivity index (χ2v) is 7.95. The molecular weight excluding hydrogens is 547 g/mol. The van der Waals surface area contributed by atoms with Gasteiger partial charge < -0.3 is 21.5 Å². The monoisotopic (exact) mass is 564 g/mol. The van der Waals surface area contributed by atoms with Crippen molar-refractivity contribution < 1.29 is 49.0 Å². The van der Waals surface area contributed by atoms with Crippen LogP contribution >= 0.6 is 0 Å². The van der Waals surface area contributed by atoms with Crippen molar-refractivity contribution in [1.29, 1.82) is 0 Å². The molecule has 0 spiro atoms. The molecule has 0 aliphatic rings. The predicted molar refractivity (Wildman–Crippen MR) is 122 cm³/mol. The maximum absolute atomic E-state index is 13.1. The lowest BCUT2D eigenvalue weighted by molar-refractivity contribution is -0.143. The third-order valence-corrected chi connectivity index (χ3v) is 4.99. The predicted octanol–water partition coefficient (Wildman–Crippen LogP) is 6.48. The van der Waals surface area contributed by atoms with E-state index in [-0.39, 0.29) is 41.9 Å². The number of hydrogen-bond donors (Lipinski definition) is 3. The topological polar surface area (TPSA) is 103 Å². The number of rotatable bonds is 6. The van der Waals surface area contributed by atoms with Gasteiger partial charge in [0.05, 0.1) is 16.7 Å². The summed E-state index contributed by atoms with van der Waals surface area (Å²) in [7, 11) is 0. The number of anilines is 1. The van der Waals surface area contributed by atoms with Gasteiger partial charge in [0, 0.05) is 17.3 Å². The molecule has 0 fully saturated rings. The molecule has 39 heavy (non-hydrogen) atoms. The summed E-state index contributed by atoms with van der Waals surface area (Å²) in [4.78, 5) is 16.4. The molecule has 0 radical (unpaired) electrons. The van der Waals surface area contributed by atoms with E-state index in [2.05, 4.69) is 10.3 Å². The van der Waals surface area contributed by atoms with Gasteiger partial charge in [-0.1, -0.05) is 12.1 Å². The van der Waals surface area contributed by atoms with E-state index in [0.29, 0.717) is 5.56 Å². The van der Waals surface area contributed by atoms with Crippen LogP contribution in [-0.2, 0) is 25.1 Å². The van der Waals surface area contributed by atoms with Crippen LogP contribution in [0.5, 0.6) is 5.75 Å². The summed E-state index contributed by atoms with van der Waals surface area (Å²) >= 11 is 0. The third kappa shape index (κ3) is 7.78. The lowest BCUT2D eigenvalue weighted by Crippen LogP contribution is -2.22. The molecule has 0 aliphatic carbocycles. The Morgan fingerprint density at radius 1 is 0.744 bits per heavy atom. The molecule has 1 amide bonds. The number of alkyl halides is 9. The van der Waals surface area contributed by atoms with E-state index < -0.39 is 52.6 Å². The van der Waals surface area contributed by atoms with Crippen molar-refractivity contribution in [2.24, 2.45) is 16.5 Å². The van der Waals surface area contributed by atoms with Gasteiger partial charge in [0.15, 0.2) is 5.96 Å². The highest BCUT2D eigenvalue weighted by atomic mass is 19.4. The molecule has 3 aromatic rings. The number of nitrogens with one attached hydrogen (secondary N) is 1. The number of benzene rings is 3. The number of aliphatic imine (C=N–C) groups is 1. The molecule has 5 N–H and O–H groups in total. The highest BCUT2D eigenvalue weighted by Gasteiger charge is 2.37. The molecule has 15 heteroatoms. The summed E-state index contributed by atoms with van der Waals surface area (Å²) < 4.78 is 123. The molecule has 0 saturated heterocycles. The maximum atomic E-state index is 13.1. The number of ether oxygens (including phenoxy) is 1. The molecule has 0 atom stereocenters. The molecule has 0 bridgehead atoms. The number of carbonyl (C=O) groups excluding carboxylic acids is 1. The zero-order chi connectivity index (χ0) is 29.2. The van der Waals surface area contributed by atoms with Crippen LogP contribution in [0.3, 0.4) is 0 Å². The summed E-state index contributed by atoms with van der Waals surface area (Å²) in [5.74, 6) is -1.81. The van der Waals surface area contributed by atoms with Crippen LogP contribution < -0.4 is 21.5 Å². The van der Waals surface area contributed by atoms with Crippen molar-refractivity contribution in [3.8, 4) is 5.75 Å². The first-order valence-corrected chi connectivity index (χ1v) is 10.6. The quantitative estimate of drug-likeness (QED) is 0.181. The smallest absolute Gasteiger partial charge is 0.416 e. The van der Waals surface area contributed by atoms with Crippen molar-refractivity contribution in [3.63, 3.8) is 0 Å². The van der Waals surface area contributed by atoms with Crippen LogP contribution in [-0.4, -0.2) is 11.9 Å². The molecule has 0 unspecified atom stereocenters. The zero-order valence-electron chi connectivity index (χ0n) is 19.3. The van der Waals surface area contributed by atoms with E-state index in [1.165, 1.54) is 12.1 Å². The average molecular weight is 564 g/mol. The first kappa shape index (κ1) is 29.1. The highest BCUT2D eigenvalue weighted by Crippen LogP contribution is 2.37. The molecule has 0 aliphatic heterocycles. The first-order valence-electron chi connectivity index (χ1n) is 10.6. The van der Waals surface area contributed by atoms with Crippen molar-refractivity contribution >= 4 is 23.2 Å². The minimum Gasteiger partial charge on any atom is -0.487 e. The summed E-state index contributed by atoms with van der Waals surface area (Å²) in [5, 5.41) is 2.17. The number of nitrogens with two attached hydrogens (primary N) is 2. The van der Waals surface area contributed by atoms with Crippen LogP contribution in [0.2, 0.25) is 0 Å². The Hall–Kier alpha value is -4.43. The lowest BCUT2D eigenvalue weighted by atomic mass is 10.0. The molecule has 6 nitrogen and oxygen atoms in total. The van der Waals surface area contributed by atoms with E-state index in [1.54, 1.807) is 0 Å². The van der Waals surface area contributed by atoms with Gasteiger partial charge in [-0.3, -0.25) is 4.79 Å². The summed E-state index contributed by atoms with van der Waals surface area (Å²) in [6.07, 6.45) is -14.9. The third-order valence-electron chi connectivity index (χ3n) is 4.99. The van der Waals surface area contributed by atoms with Crippen LogP contribution in [0, 0.1) is 0 Å². The number of hydrogen-bond acceptors (Lipinski definition) is 3. The van der Waals surface area contributed by atoms with Gasteiger partial charge in [-0.05, 0) is 48.0 Å². The zero-order valence-corrected chi connectivity index (χ0v) is 19.3. The largest absolute Gasteiger partial charge is 0.487 e. The van der Waals surface area contributed by atoms with Gasteiger partial charge >= 0.3 is 18.5 Å². The Kier molecular flexibility index (Phi) is 8.03. The maximum Gasteiger partial charge on any atom is 0.416 e. The Balaban J connectivity index is 1.89. The second-order valence-electron chi connectivity index (χ2n) is 7.95. The van der Waals surface area contributed by atoms with Crippen molar-refractivity contribution in [3.05, 3.63) is 88.5 Å². The molecule has 0 aromatic heterocycles. The second kappa shape index (κ2) is 10.7. The molecule has 0 saturated carbocycles. The van der Waals surface area contributed by atoms with Crippen molar-refractivity contribution in [2.45, 2.75) is 25.1 Å². The minimum absolute atomic E-state index is 0.0123. The van der Waals surface area contributed by atoms with Crippen molar-refractivity contribution in [2.75, 3.05) is 5.32 Å². The number of guanidine groups is 1. The standard InChI is InChI=1S/C24H17F9N4O2/c25-22(26,27)14-3-1-12(2-4-14)11-39-19-10-17(5-6-18(19)37-21(34)35)36-20(38)13-7-15(23(28,29)30)9-16(8-13)24(31,32)33/h1-10H,11H2,(H,36,38)(H4,34,35,37). The van der Waals surface area contributed by atoms with Gasteiger partial charge in [0.1, 0.15) is 18.0 Å². The van der Waals surface area contributed by atoms with E-state index >= 15 is 0 Å². The molecule has 208 valence electrons. The average Bonchev–Trinajstić information content (AvgIpc) is 2.82. The fourth-order valence-corrected chi connectivity index (χ4v) is 3.18. The number of halogens is 9. The van der Waals surface area contributed by atoms with Crippen LogP contribution in [0.4, 0.5) is 50.9 Å². The van der Waals surface area contributed by atoms with Gasteiger partial charge in [-0.2, -0.15) is 39.5 Å². The van der Waals surface area contributed by atoms with E-state index in [0.717, 1.165) is 30.3 Å². The van der Waals surface area contributed by atoms with Gasteiger partial charge in [0.25, 0.3) is 5.91 Å². The normalized spacial score (nSPS) is 12.1. The Morgan fingerprint density at radius 2 is 1.28 bits per heavy atom.